The molecule has 0 amide bonds. The summed E-state index contributed by atoms with van der Waals surface area (Å²) in [4.78, 5) is 0. The summed E-state index contributed by atoms with van der Waals surface area (Å²) in [5.41, 5.74) is 3.91. The van der Waals surface area contributed by atoms with Crippen LogP contribution in [-0.2, 0) is 13.5 Å². The first-order valence-corrected chi connectivity index (χ1v) is 7.21. The van der Waals surface area contributed by atoms with E-state index in [2.05, 4.69) is 45.0 Å². The molecular weight excluding hydrogens is 222 g/mol. The van der Waals surface area contributed by atoms with E-state index < -0.39 is 0 Å². The molecule has 0 bridgehead atoms. The van der Waals surface area contributed by atoms with Gasteiger partial charge >= 0.3 is 0 Å². The Labute approximate surface area is 112 Å². The van der Waals surface area contributed by atoms with Crippen molar-refractivity contribution in [3.05, 3.63) is 17.0 Å². The van der Waals surface area contributed by atoms with Gasteiger partial charge in [-0.05, 0) is 44.7 Å². The fraction of sp³-hybridized carbons (Fsp3) is 0.800. The number of hydrogen-bond acceptors (Lipinski definition) is 2. The molecule has 104 valence electrons. The van der Waals surface area contributed by atoms with Crippen LogP contribution in [-0.4, -0.2) is 22.4 Å². The first kappa shape index (κ1) is 15.2. The van der Waals surface area contributed by atoms with E-state index in [4.69, 9.17) is 0 Å². The average molecular weight is 251 g/mol. The molecule has 0 aromatic carbocycles. The lowest BCUT2D eigenvalue weighted by Gasteiger charge is -2.21. The number of likely N-dealkylation sites (N-methyl/N-ethyl adjacent to an activating group) is 1. The zero-order valence-corrected chi connectivity index (χ0v) is 12.9. The van der Waals surface area contributed by atoms with E-state index in [9.17, 15) is 0 Å². The monoisotopic (exact) mass is 251 g/mol. The number of nitrogens with zero attached hydrogens (tertiary/aromatic N) is 2. The molecule has 1 aromatic rings. The molecule has 1 rings (SSSR count). The quantitative estimate of drug-likeness (QED) is 0.807. The molecule has 0 aliphatic heterocycles. The third kappa shape index (κ3) is 3.84. The first-order chi connectivity index (χ1) is 8.49. The molecule has 0 spiro atoms. The molecule has 0 aliphatic rings. The normalized spacial score (nSPS) is 14.8. The highest BCUT2D eigenvalue weighted by atomic mass is 15.3. The molecule has 18 heavy (non-hydrogen) atoms. The molecule has 0 fully saturated rings. The van der Waals surface area contributed by atoms with Crippen LogP contribution >= 0.6 is 0 Å². The third-order valence-corrected chi connectivity index (χ3v) is 3.99. The number of nitrogens with one attached hydrogen (secondary N) is 1. The van der Waals surface area contributed by atoms with E-state index in [0.717, 1.165) is 18.9 Å². The predicted molar refractivity (Wildman–Crippen MR) is 77.9 cm³/mol. The standard InChI is InChI=1S/C15H29N3/c1-7-11(3)9-14(16-8-2)10-15-12(4)17-18(6)13(15)5/h11,14,16H,7-10H2,1-6H3. The van der Waals surface area contributed by atoms with Gasteiger partial charge in [0, 0.05) is 18.8 Å². The minimum absolute atomic E-state index is 0.576. The van der Waals surface area contributed by atoms with Crippen molar-refractivity contribution in [1.82, 2.24) is 15.1 Å². The Morgan fingerprint density at radius 2 is 1.94 bits per heavy atom. The van der Waals surface area contributed by atoms with Gasteiger partial charge in [0.15, 0.2) is 0 Å². The lowest BCUT2D eigenvalue weighted by Crippen LogP contribution is -2.33. The summed E-state index contributed by atoms with van der Waals surface area (Å²) in [6.07, 6.45) is 3.61. The Hall–Kier alpha value is -0.830. The van der Waals surface area contributed by atoms with E-state index in [1.807, 2.05) is 11.7 Å². The van der Waals surface area contributed by atoms with Crippen LogP contribution in [0.15, 0.2) is 0 Å². The summed E-state index contributed by atoms with van der Waals surface area (Å²) < 4.78 is 2.00. The molecule has 3 nitrogen and oxygen atoms in total. The van der Waals surface area contributed by atoms with Gasteiger partial charge in [-0.25, -0.2) is 0 Å². The summed E-state index contributed by atoms with van der Waals surface area (Å²) in [5, 5.41) is 8.13. The fourth-order valence-electron chi connectivity index (χ4n) is 2.54. The van der Waals surface area contributed by atoms with Gasteiger partial charge in [0.25, 0.3) is 0 Å². The van der Waals surface area contributed by atoms with Gasteiger partial charge < -0.3 is 5.32 Å². The maximum atomic E-state index is 4.51. The van der Waals surface area contributed by atoms with Crippen LogP contribution in [0.4, 0.5) is 0 Å². The number of hydrogen-bond donors (Lipinski definition) is 1. The molecule has 0 aliphatic carbocycles. The average Bonchev–Trinajstić information content (AvgIpc) is 2.56. The second-order valence-corrected chi connectivity index (χ2v) is 5.48. The Morgan fingerprint density at radius 3 is 2.39 bits per heavy atom. The van der Waals surface area contributed by atoms with Gasteiger partial charge in [-0.15, -0.1) is 0 Å². The van der Waals surface area contributed by atoms with Gasteiger partial charge in [-0.2, -0.15) is 5.10 Å². The molecule has 0 saturated heterocycles. The fourth-order valence-corrected chi connectivity index (χ4v) is 2.54. The minimum atomic E-state index is 0.576. The second kappa shape index (κ2) is 6.93. The molecule has 1 aromatic heterocycles. The zero-order valence-electron chi connectivity index (χ0n) is 12.9. The highest BCUT2D eigenvalue weighted by Gasteiger charge is 2.17. The van der Waals surface area contributed by atoms with E-state index >= 15 is 0 Å². The van der Waals surface area contributed by atoms with Crippen LogP contribution in [0.25, 0.3) is 0 Å². The largest absolute Gasteiger partial charge is 0.314 e. The molecule has 2 atom stereocenters. The topological polar surface area (TPSA) is 29.9 Å². The van der Waals surface area contributed by atoms with Crippen LogP contribution in [0.5, 0.6) is 0 Å². The minimum Gasteiger partial charge on any atom is -0.314 e. The lowest BCUT2D eigenvalue weighted by atomic mass is 9.94. The van der Waals surface area contributed by atoms with Gasteiger partial charge in [0.05, 0.1) is 5.69 Å². The summed E-state index contributed by atoms with van der Waals surface area (Å²) in [6.45, 7) is 12.1. The van der Waals surface area contributed by atoms with Crippen molar-refractivity contribution in [2.75, 3.05) is 6.54 Å². The Morgan fingerprint density at radius 1 is 1.28 bits per heavy atom. The highest BCUT2D eigenvalue weighted by molar-refractivity contribution is 5.25. The van der Waals surface area contributed by atoms with Crippen molar-refractivity contribution in [2.24, 2.45) is 13.0 Å². The van der Waals surface area contributed by atoms with Crippen LogP contribution in [0.1, 0.15) is 50.6 Å². The first-order valence-electron chi connectivity index (χ1n) is 7.21. The van der Waals surface area contributed by atoms with E-state index in [-0.39, 0.29) is 0 Å². The summed E-state index contributed by atoms with van der Waals surface area (Å²) in [6, 6.07) is 0.576. The highest BCUT2D eigenvalue weighted by Crippen LogP contribution is 2.18. The van der Waals surface area contributed by atoms with Crippen LogP contribution in [0.2, 0.25) is 0 Å². The number of aryl methyl sites for hydroxylation is 2. The van der Waals surface area contributed by atoms with Crippen LogP contribution in [0, 0.1) is 19.8 Å². The van der Waals surface area contributed by atoms with Crippen molar-refractivity contribution in [2.45, 2.75) is 59.9 Å². The Balaban J connectivity index is 2.76. The van der Waals surface area contributed by atoms with Crippen molar-refractivity contribution < 1.29 is 0 Å². The van der Waals surface area contributed by atoms with Gasteiger partial charge in [0.1, 0.15) is 0 Å². The maximum Gasteiger partial charge on any atom is 0.0628 e. The molecule has 2 unspecified atom stereocenters. The molecule has 1 heterocycles. The summed E-state index contributed by atoms with van der Waals surface area (Å²) >= 11 is 0. The molecule has 3 heteroatoms. The molecule has 0 radical (unpaired) electrons. The summed E-state index contributed by atoms with van der Waals surface area (Å²) in [5.74, 6) is 0.784. The maximum absolute atomic E-state index is 4.51. The molecule has 0 saturated carbocycles. The van der Waals surface area contributed by atoms with Gasteiger partial charge in [-0.3, -0.25) is 4.68 Å². The van der Waals surface area contributed by atoms with Crippen molar-refractivity contribution in [1.29, 1.82) is 0 Å². The second-order valence-electron chi connectivity index (χ2n) is 5.48. The number of aromatic nitrogens is 2. The summed E-state index contributed by atoms with van der Waals surface area (Å²) in [7, 11) is 2.03. The van der Waals surface area contributed by atoms with Crippen LogP contribution < -0.4 is 5.32 Å². The number of rotatable bonds is 7. The molecular formula is C15H29N3. The lowest BCUT2D eigenvalue weighted by molar-refractivity contribution is 0.396. The zero-order chi connectivity index (χ0) is 13.7. The van der Waals surface area contributed by atoms with E-state index in [1.165, 1.54) is 29.8 Å². The predicted octanol–water partition coefficient (Wildman–Crippen LogP) is 2.99. The van der Waals surface area contributed by atoms with Crippen LogP contribution in [0.3, 0.4) is 0 Å². The van der Waals surface area contributed by atoms with Gasteiger partial charge in [-0.1, -0.05) is 27.2 Å². The SMILES string of the molecule is CCNC(Cc1c(C)nn(C)c1C)CC(C)CC. The van der Waals surface area contributed by atoms with Crippen molar-refractivity contribution in [3.8, 4) is 0 Å². The van der Waals surface area contributed by atoms with Crippen molar-refractivity contribution in [3.63, 3.8) is 0 Å². The van der Waals surface area contributed by atoms with E-state index in [1.54, 1.807) is 0 Å². The Kier molecular flexibility index (Phi) is 5.86. The smallest absolute Gasteiger partial charge is 0.0628 e. The molecule has 1 N–H and O–H groups in total. The van der Waals surface area contributed by atoms with Crippen molar-refractivity contribution >= 4 is 0 Å². The Bertz CT molecular complexity index is 368. The van der Waals surface area contributed by atoms with E-state index in [0.29, 0.717) is 6.04 Å². The van der Waals surface area contributed by atoms with Gasteiger partial charge in [0.2, 0.25) is 0 Å². The third-order valence-electron chi connectivity index (χ3n) is 3.99.